The molecule has 1 heterocycles. The Morgan fingerprint density at radius 2 is 2.21 bits per heavy atom. The van der Waals surface area contributed by atoms with Gasteiger partial charge in [0.2, 0.25) is 0 Å². The highest BCUT2D eigenvalue weighted by atomic mass is 79.9. The van der Waals surface area contributed by atoms with Crippen LogP contribution in [0.25, 0.3) is 0 Å². The number of hydrogen-bond acceptors (Lipinski definition) is 3. The second kappa shape index (κ2) is 6.25. The monoisotopic (exact) mass is 326 g/mol. The van der Waals surface area contributed by atoms with E-state index in [0.717, 1.165) is 24.0 Å². The Morgan fingerprint density at radius 1 is 1.47 bits per heavy atom. The van der Waals surface area contributed by atoms with Gasteiger partial charge in [-0.2, -0.15) is 0 Å². The highest BCUT2D eigenvalue weighted by molar-refractivity contribution is 9.10. The third-order valence-corrected chi connectivity index (χ3v) is 4.51. The molecule has 1 saturated heterocycles. The maximum atomic E-state index is 6.11. The van der Waals surface area contributed by atoms with Crippen molar-refractivity contribution >= 4 is 21.6 Å². The second-order valence-electron chi connectivity index (χ2n) is 5.48. The quantitative estimate of drug-likeness (QED) is 0.925. The first kappa shape index (κ1) is 14.8. The Balaban J connectivity index is 2.26. The third-order valence-electron chi connectivity index (χ3n) is 4.01. The number of nitrogens with zero attached hydrogens (tertiary/aromatic N) is 1. The number of ether oxygens (including phenoxy) is 1. The van der Waals surface area contributed by atoms with E-state index in [1.807, 2.05) is 6.92 Å². The van der Waals surface area contributed by atoms with E-state index in [-0.39, 0.29) is 6.04 Å². The van der Waals surface area contributed by atoms with E-state index in [2.05, 4.69) is 46.0 Å². The summed E-state index contributed by atoms with van der Waals surface area (Å²) in [5.74, 6) is 0.621. The van der Waals surface area contributed by atoms with Crippen LogP contribution in [-0.2, 0) is 4.74 Å². The number of piperidine rings is 1. The molecule has 106 valence electrons. The Bertz CT molecular complexity index is 436. The molecule has 1 aliphatic heterocycles. The summed E-state index contributed by atoms with van der Waals surface area (Å²) in [6.45, 7) is 6.31. The fraction of sp³-hybridized carbons (Fsp3) is 0.600. The van der Waals surface area contributed by atoms with Crippen LogP contribution < -0.4 is 10.6 Å². The molecule has 0 aromatic heterocycles. The molecular formula is C15H23BrN2O. The molecule has 1 fully saturated rings. The fourth-order valence-electron chi connectivity index (χ4n) is 2.74. The Morgan fingerprint density at radius 3 is 2.84 bits per heavy atom. The lowest BCUT2D eigenvalue weighted by atomic mass is 9.94. The fourth-order valence-corrected chi connectivity index (χ4v) is 3.12. The number of rotatable bonds is 3. The number of hydrogen-bond donors (Lipinski definition) is 1. The summed E-state index contributed by atoms with van der Waals surface area (Å²) in [6, 6.07) is 6.40. The molecule has 0 aliphatic carbocycles. The van der Waals surface area contributed by atoms with Crippen LogP contribution in [0.2, 0.25) is 0 Å². The average molecular weight is 327 g/mol. The van der Waals surface area contributed by atoms with Crippen LogP contribution in [0, 0.1) is 5.92 Å². The summed E-state index contributed by atoms with van der Waals surface area (Å²) in [6.07, 6.45) is 1.46. The van der Waals surface area contributed by atoms with Crippen molar-refractivity contribution < 1.29 is 4.74 Å². The molecule has 19 heavy (non-hydrogen) atoms. The van der Waals surface area contributed by atoms with Gasteiger partial charge in [0.1, 0.15) is 0 Å². The molecule has 0 saturated carbocycles. The van der Waals surface area contributed by atoms with Gasteiger partial charge in [0.05, 0.1) is 6.10 Å². The molecule has 2 N–H and O–H groups in total. The molecule has 3 unspecified atom stereocenters. The molecule has 4 heteroatoms. The topological polar surface area (TPSA) is 38.5 Å². The standard InChI is InChI=1S/C15H23BrN2O/c1-10-6-7-18(9-15(10)19-3)14-5-4-12(16)8-13(14)11(2)17/h4-5,8,10-11,15H,6-7,9,17H2,1-3H3. The first-order chi connectivity index (χ1) is 9.02. The zero-order valence-electron chi connectivity index (χ0n) is 11.9. The van der Waals surface area contributed by atoms with Crippen LogP contribution in [0.5, 0.6) is 0 Å². The molecule has 1 aromatic carbocycles. The summed E-state index contributed by atoms with van der Waals surface area (Å²) in [4.78, 5) is 2.40. The van der Waals surface area contributed by atoms with Gasteiger partial charge < -0.3 is 15.4 Å². The number of benzene rings is 1. The molecule has 2 rings (SSSR count). The van der Waals surface area contributed by atoms with Crippen LogP contribution in [0.4, 0.5) is 5.69 Å². The largest absolute Gasteiger partial charge is 0.379 e. The summed E-state index contributed by atoms with van der Waals surface area (Å²) < 4.78 is 6.68. The summed E-state index contributed by atoms with van der Waals surface area (Å²) in [5.41, 5.74) is 8.54. The number of halogens is 1. The summed E-state index contributed by atoms with van der Waals surface area (Å²) >= 11 is 3.52. The van der Waals surface area contributed by atoms with Crippen molar-refractivity contribution in [2.24, 2.45) is 11.7 Å². The Hall–Kier alpha value is -0.580. The predicted molar refractivity (Wildman–Crippen MR) is 83.5 cm³/mol. The van der Waals surface area contributed by atoms with E-state index in [9.17, 15) is 0 Å². The zero-order valence-corrected chi connectivity index (χ0v) is 13.5. The summed E-state index contributed by atoms with van der Waals surface area (Å²) in [7, 11) is 1.80. The van der Waals surface area contributed by atoms with Crippen molar-refractivity contribution in [1.82, 2.24) is 0 Å². The SMILES string of the molecule is COC1CN(c2ccc(Br)cc2C(C)N)CCC1C. The van der Waals surface area contributed by atoms with Crippen molar-refractivity contribution in [3.8, 4) is 0 Å². The average Bonchev–Trinajstić information content (AvgIpc) is 2.39. The lowest BCUT2D eigenvalue weighted by Crippen LogP contribution is -2.44. The molecule has 1 aromatic rings. The normalized spacial score (nSPS) is 25.4. The van der Waals surface area contributed by atoms with Crippen molar-refractivity contribution in [2.75, 3.05) is 25.1 Å². The molecule has 0 radical (unpaired) electrons. The predicted octanol–water partition coefficient (Wildman–Crippen LogP) is 3.33. The maximum Gasteiger partial charge on any atom is 0.0772 e. The maximum absolute atomic E-state index is 6.11. The molecular weight excluding hydrogens is 304 g/mol. The Kier molecular flexibility index (Phi) is 4.87. The minimum Gasteiger partial charge on any atom is -0.379 e. The lowest BCUT2D eigenvalue weighted by molar-refractivity contribution is 0.0498. The molecule has 3 nitrogen and oxygen atoms in total. The van der Waals surface area contributed by atoms with Gasteiger partial charge in [0, 0.05) is 36.4 Å². The van der Waals surface area contributed by atoms with Gasteiger partial charge in [-0.05, 0) is 43.0 Å². The summed E-state index contributed by atoms with van der Waals surface area (Å²) in [5, 5.41) is 0. The van der Waals surface area contributed by atoms with Crippen LogP contribution in [0.3, 0.4) is 0 Å². The van der Waals surface area contributed by atoms with E-state index in [1.54, 1.807) is 7.11 Å². The first-order valence-electron chi connectivity index (χ1n) is 6.85. The van der Waals surface area contributed by atoms with E-state index < -0.39 is 0 Å². The van der Waals surface area contributed by atoms with E-state index >= 15 is 0 Å². The van der Waals surface area contributed by atoms with Gasteiger partial charge in [-0.25, -0.2) is 0 Å². The lowest BCUT2D eigenvalue weighted by Gasteiger charge is -2.38. The highest BCUT2D eigenvalue weighted by Crippen LogP contribution is 2.32. The second-order valence-corrected chi connectivity index (χ2v) is 6.39. The van der Waals surface area contributed by atoms with Gasteiger partial charge in [-0.3, -0.25) is 0 Å². The number of anilines is 1. The van der Waals surface area contributed by atoms with Gasteiger partial charge in [-0.15, -0.1) is 0 Å². The first-order valence-corrected chi connectivity index (χ1v) is 7.65. The number of nitrogens with two attached hydrogens (primary N) is 1. The third kappa shape index (κ3) is 3.30. The molecule has 3 atom stereocenters. The van der Waals surface area contributed by atoms with Crippen LogP contribution in [0.15, 0.2) is 22.7 Å². The van der Waals surface area contributed by atoms with Crippen molar-refractivity contribution in [1.29, 1.82) is 0 Å². The Labute approximate surface area is 124 Å². The van der Waals surface area contributed by atoms with E-state index in [0.29, 0.717) is 12.0 Å². The molecule has 1 aliphatic rings. The smallest absolute Gasteiger partial charge is 0.0772 e. The van der Waals surface area contributed by atoms with Crippen molar-refractivity contribution in [3.63, 3.8) is 0 Å². The van der Waals surface area contributed by atoms with Gasteiger partial charge in [-0.1, -0.05) is 22.9 Å². The molecule has 0 spiro atoms. The van der Waals surface area contributed by atoms with Gasteiger partial charge >= 0.3 is 0 Å². The molecule has 0 bridgehead atoms. The van der Waals surface area contributed by atoms with Crippen molar-refractivity contribution in [2.45, 2.75) is 32.4 Å². The van der Waals surface area contributed by atoms with Gasteiger partial charge in [0.25, 0.3) is 0 Å². The highest BCUT2D eigenvalue weighted by Gasteiger charge is 2.27. The van der Waals surface area contributed by atoms with E-state index in [1.165, 1.54) is 11.3 Å². The minimum atomic E-state index is 0.0350. The van der Waals surface area contributed by atoms with E-state index in [4.69, 9.17) is 10.5 Å². The molecule has 0 amide bonds. The zero-order chi connectivity index (χ0) is 14.0. The van der Waals surface area contributed by atoms with Gasteiger partial charge in [0.15, 0.2) is 0 Å². The minimum absolute atomic E-state index is 0.0350. The van der Waals surface area contributed by atoms with Crippen LogP contribution in [0.1, 0.15) is 31.9 Å². The van der Waals surface area contributed by atoms with Crippen LogP contribution in [-0.4, -0.2) is 26.3 Å². The van der Waals surface area contributed by atoms with Crippen LogP contribution >= 0.6 is 15.9 Å². The van der Waals surface area contributed by atoms with Crippen molar-refractivity contribution in [3.05, 3.63) is 28.2 Å². The number of methoxy groups -OCH3 is 1.